The lowest BCUT2D eigenvalue weighted by Crippen LogP contribution is -2.40. The summed E-state index contributed by atoms with van der Waals surface area (Å²) in [4.78, 5) is 29.1. The minimum atomic E-state index is -1.17. The van der Waals surface area contributed by atoms with Crippen molar-refractivity contribution in [1.29, 1.82) is 5.26 Å². The number of aromatic carboxylic acids is 1. The zero-order valence-electron chi connectivity index (χ0n) is 17.5. The summed E-state index contributed by atoms with van der Waals surface area (Å²) in [7, 11) is 1.52. The van der Waals surface area contributed by atoms with Gasteiger partial charge in [0.2, 0.25) is 0 Å². The fourth-order valence-corrected chi connectivity index (χ4v) is 3.45. The number of nitrogens with one attached hydrogen (secondary N) is 1. The van der Waals surface area contributed by atoms with Crippen LogP contribution in [0, 0.1) is 11.3 Å². The van der Waals surface area contributed by atoms with Gasteiger partial charge in [0.15, 0.2) is 0 Å². The highest BCUT2D eigenvalue weighted by molar-refractivity contribution is 6.06. The standard InChI is InChI=1S/C24H23N3O5/c1-32-14-17(11-16-4-7-18(28)8-5-16)26-23(29)22-13-20(24(30)31)19-12-15(3-2-10-25)6-9-21(19)27-22/h4-9,12-13,17,28H,2-3,11,14H2,1H3,(H,26,29)(H,30,31)/t17-/m0/s1. The Kier molecular flexibility index (Phi) is 7.37. The topological polar surface area (TPSA) is 133 Å². The number of carbonyl (C=O) groups excluding carboxylic acids is 1. The van der Waals surface area contributed by atoms with E-state index >= 15 is 0 Å². The van der Waals surface area contributed by atoms with Crippen LogP contribution < -0.4 is 5.32 Å². The first-order chi connectivity index (χ1) is 15.4. The fraction of sp³-hybridized carbons (Fsp3) is 0.250. The summed E-state index contributed by atoms with van der Waals surface area (Å²) >= 11 is 0. The van der Waals surface area contributed by atoms with Crippen LogP contribution in [0.25, 0.3) is 10.9 Å². The zero-order valence-corrected chi connectivity index (χ0v) is 17.5. The van der Waals surface area contributed by atoms with Crippen molar-refractivity contribution in [1.82, 2.24) is 10.3 Å². The Balaban J connectivity index is 1.87. The molecular weight excluding hydrogens is 410 g/mol. The average Bonchev–Trinajstić information content (AvgIpc) is 2.78. The van der Waals surface area contributed by atoms with Crippen molar-refractivity contribution in [2.75, 3.05) is 13.7 Å². The van der Waals surface area contributed by atoms with Crippen molar-refractivity contribution in [3.63, 3.8) is 0 Å². The Morgan fingerprint density at radius 2 is 1.88 bits per heavy atom. The van der Waals surface area contributed by atoms with Gasteiger partial charge in [-0.1, -0.05) is 18.2 Å². The monoisotopic (exact) mass is 433 g/mol. The number of ether oxygens (including phenoxy) is 1. The number of methoxy groups -OCH3 is 1. The summed E-state index contributed by atoms with van der Waals surface area (Å²) in [5.74, 6) is -1.52. The molecule has 3 N–H and O–H groups in total. The number of aryl methyl sites for hydroxylation is 1. The Hall–Kier alpha value is -3.96. The van der Waals surface area contributed by atoms with E-state index in [1.165, 1.54) is 13.2 Å². The first-order valence-corrected chi connectivity index (χ1v) is 10.0. The van der Waals surface area contributed by atoms with E-state index in [0.717, 1.165) is 11.1 Å². The Morgan fingerprint density at radius 3 is 2.53 bits per heavy atom. The molecule has 0 saturated heterocycles. The number of pyridine rings is 1. The van der Waals surface area contributed by atoms with Gasteiger partial charge in [-0.15, -0.1) is 0 Å². The number of nitriles is 1. The first-order valence-electron chi connectivity index (χ1n) is 10.0. The second-order valence-corrected chi connectivity index (χ2v) is 7.37. The number of hydrogen-bond donors (Lipinski definition) is 3. The predicted molar refractivity (Wildman–Crippen MR) is 118 cm³/mol. The third-order valence-electron chi connectivity index (χ3n) is 4.98. The van der Waals surface area contributed by atoms with Gasteiger partial charge in [0.1, 0.15) is 11.4 Å². The van der Waals surface area contributed by atoms with Crippen molar-refractivity contribution >= 4 is 22.8 Å². The number of benzene rings is 2. The number of carbonyl (C=O) groups is 2. The second-order valence-electron chi connectivity index (χ2n) is 7.37. The Morgan fingerprint density at radius 1 is 1.16 bits per heavy atom. The smallest absolute Gasteiger partial charge is 0.336 e. The van der Waals surface area contributed by atoms with Crippen LogP contribution in [0.1, 0.15) is 38.4 Å². The molecule has 0 saturated carbocycles. The second kappa shape index (κ2) is 10.4. The number of nitrogens with zero attached hydrogens (tertiary/aromatic N) is 2. The normalized spacial score (nSPS) is 11.6. The molecule has 3 aromatic rings. The molecule has 3 rings (SSSR count). The SMILES string of the molecule is COC[C@H](Cc1ccc(O)cc1)NC(=O)c1cc(C(=O)O)c2cc(CCC#N)ccc2n1. The largest absolute Gasteiger partial charge is 0.508 e. The van der Waals surface area contributed by atoms with E-state index < -0.39 is 11.9 Å². The number of hydrogen-bond acceptors (Lipinski definition) is 6. The van der Waals surface area contributed by atoms with E-state index in [1.807, 2.05) is 0 Å². The number of carboxylic acids is 1. The maximum Gasteiger partial charge on any atom is 0.336 e. The average molecular weight is 433 g/mol. The lowest BCUT2D eigenvalue weighted by Gasteiger charge is -2.18. The van der Waals surface area contributed by atoms with Crippen LogP contribution >= 0.6 is 0 Å². The maximum atomic E-state index is 12.9. The first kappa shape index (κ1) is 22.7. The van der Waals surface area contributed by atoms with E-state index in [-0.39, 0.29) is 29.7 Å². The molecule has 0 aliphatic rings. The van der Waals surface area contributed by atoms with Crippen molar-refractivity contribution in [2.45, 2.75) is 25.3 Å². The Labute approximate surface area is 185 Å². The van der Waals surface area contributed by atoms with Gasteiger partial charge < -0.3 is 20.3 Å². The highest BCUT2D eigenvalue weighted by Gasteiger charge is 2.19. The molecule has 0 radical (unpaired) electrons. The minimum Gasteiger partial charge on any atom is -0.508 e. The van der Waals surface area contributed by atoms with Crippen molar-refractivity contribution in [3.8, 4) is 11.8 Å². The van der Waals surface area contributed by atoms with Crippen LogP contribution in [-0.4, -0.2) is 46.8 Å². The molecule has 0 unspecified atom stereocenters. The lowest BCUT2D eigenvalue weighted by molar-refractivity contribution is 0.0699. The summed E-state index contributed by atoms with van der Waals surface area (Å²) in [6.07, 6.45) is 1.29. The van der Waals surface area contributed by atoms with Gasteiger partial charge in [0, 0.05) is 18.9 Å². The van der Waals surface area contributed by atoms with Crippen molar-refractivity contribution < 1.29 is 24.5 Å². The van der Waals surface area contributed by atoms with E-state index in [1.54, 1.807) is 42.5 Å². The molecule has 164 valence electrons. The van der Waals surface area contributed by atoms with E-state index in [0.29, 0.717) is 30.2 Å². The van der Waals surface area contributed by atoms with Gasteiger partial charge in [0.05, 0.1) is 29.8 Å². The number of fused-ring (bicyclic) bond motifs is 1. The lowest BCUT2D eigenvalue weighted by atomic mass is 10.0. The number of aromatic nitrogens is 1. The number of rotatable bonds is 9. The molecule has 32 heavy (non-hydrogen) atoms. The van der Waals surface area contributed by atoms with E-state index in [9.17, 15) is 19.8 Å². The molecule has 1 aromatic heterocycles. The van der Waals surface area contributed by atoms with Crippen LogP contribution in [0.4, 0.5) is 0 Å². The summed E-state index contributed by atoms with van der Waals surface area (Å²) in [6.45, 7) is 0.244. The zero-order chi connectivity index (χ0) is 23.1. The molecule has 1 amide bonds. The van der Waals surface area contributed by atoms with Gasteiger partial charge >= 0.3 is 5.97 Å². The maximum absolute atomic E-state index is 12.9. The van der Waals surface area contributed by atoms with Crippen LogP contribution in [0.15, 0.2) is 48.5 Å². The summed E-state index contributed by atoms with van der Waals surface area (Å²) in [5, 5.41) is 31.2. The molecule has 2 aromatic carbocycles. The van der Waals surface area contributed by atoms with Crippen molar-refractivity contribution in [3.05, 3.63) is 70.9 Å². The molecule has 0 spiro atoms. The van der Waals surface area contributed by atoms with Gasteiger partial charge in [-0.05, 0) is 54.3 Å². The number of phenols is 1. The number of amides is 1. The Bertz CT molecular complexity index is 1170. The molecule has 1 heterocycles. The van der Waals surface area contributed by atoms with Crippen molar-refractivity contribution in [2.24, 2.45) is 0 Å². The molecule has 8 nitrogen and oxygen atoms in total. The predicted octanol–water partition coefficient (Wildman–Crippen LogP) is 3.08. The molecule has 0 fully saturated rings. The van der Waals surface area contributed by atoms with Crippen LogP contribution in [-0.2, 0) is 17.6 Å². The molecular formula is C24H23N3O5. The summed E-state index contributed by atoms with van der Waals surface area (Å²) in [5.41, 5.74) is 2.08. The summed E-state index contributed by atoms with van der Waals surface area (Å²) < 4.78 is 5.21. The molecule has 0 bridgehead atoms. The number of carboxylic acid groups (broad SMARTS) is 1. The van der Waals surface area contributed by atoms with Gasteiger partial charge in [-0.25, -0.2) is 9.78 Å². The quantitative estimate of drug-likeness (QED) is 0.472. The van der Waals surface area contributed by atoms with Crippen LogP contribution in [0.5, 0.6) is 5.75 Å². The highest BCUT2D eigenvalue weighted by Crippen LogP contribution is 2.22. The molecule has 1 atom stereocenters. The third kappa shape index (κ3) is 5.59. The molecule has 8 heteroatoms. The van der Waals surface area contributed by atoms with E-state index in [2.05, 4.69) is 16.4 Å². The fourth-order valence-electron chi connectivity index (χ4n) is 3.45. The molecule has 0 aliphatic carbocycles. The summed E-state index contributed by atoms with van der Waals surface area (Å²) in [6, 6.07) is 14.7. The number of phenolic OH excluding ortho intramolecular Hbond substituents is 1. The number of aromatic hydroxyl groups is 1. The van der Waals surface area contributed by atoms with Gasteiger partial charge in [0.25, 0.3) is 5.91 Å². The minimum absolute atomic E-state index is 0.00789. The highest BCUT2D eigenvalue weighted by atomic mass is 16.5. The molecule has 0 aliphatic heterocycles. The van der Waals surface area contributed by atoms with Crippen LogP contribution in [0.3, 0.4) is 0 Å². The van der Waals surface area contributed by atoms with E-state index in [4.69, 9.17) is 10.00 Å². The third-order valence-corrected chi connectivity index (χ3v) is 4.98. The van der Waals surface area contributed by atoms with Gasteiger partial charge in [-0.2, -0.15) is 5.26 Å². The van der Waals surface area contributed by atoms with Gasteiger partial charge in [-0.3, -0.25) is 4.79 Å². The van der Waals surface area contributed by atoms with Crippen LogP contribution in [0.2, 0.25) is 0 Å².